The van der Waals surface area contributed by atoms with E-state index in [0.717, 1.165) is 48.9 Å². The average molecular weight is 476 g/mol. The maximum absolute atomic E-state index is 14.1. The lowest BCUT2D eigenvalue weighted by atomic mass is 9.95. The molecule has 0 aliphatic heterocycles. The third-order valence-electron chi connectivity index (χ3n) is 6.55. The molecule has 0 spiro atoms. The fourth-order valence-electron chi connectivity index (χ4n) is 4.95. The Morgan fingerprint density at radius 2 is 1.59 bits per heavy atom. The second kappa shape index (κ2) is 9.31. The van der Waals surface area contributed by atoms with Gasteiger partial charge in [-0.1, -0.05) is 67.3 Å². The van der Waals surface area contributed by atoms with E-state index in [0.29, 0.717) is 11.4 Å². The van der Waals surface area contributed by atoms with E-state index in [1.165, 1.54) is 0 Å². The summed E-state index contributed by atoms with van der Waals surface area (Å²) in [4.78, 5) is 0.261. The summed E-state index contributed by atoms with van der Waals surface area (Å²) in [6.07, 6.45) is 4.66. The normalized spacial score (nSPS) is 15.1. The minimum Gasteiger partial charge on any atom is -0.325 e. The number of hydrogen-bond donors (Lipinski definition) is 0. The fraction of sp³-hybridized carbons (Fsp3) is 0.393. The molecule has 34 heavy (non-hydrogen) atoms. The summed E-state index contributed by atoms with van der Waals surface area (Å²) in [5.41, 5.74) is 3.25. The van der Waals surface area contributed by atoms with Gasteiger partial charge in [0.2, 0.25) is 0 Å². The van der Waals surface area contributed by atoms with Crippen molar-refractivity contribution in [1.82, 2.24) is 4.57 Å². The molecule has 1 aliphatic rings. The standard InChI is InChI=1S/C28H33N3O2S/c1-21-15-17-24(18-16-21)34(32,33)31(23-13-9-6-10-14-23)26-19-25(22-11-7-5-8-12-22)30(27(26)20-29)28(2,3)4/h5,7-8,11-12,15-19,23H,6,9-10,13-14H2,1-4H3. The molecule has 0 unspecified atom stereocenters. The number of hydrogen-bond acceptors (Lipinski definition) is 3. The van der Waals surface area contributed by atoms with Gasteiger partial charge in [-0.2, -0.15) is 5.26 Å². The fourth-order valence-corrected chi connectivity index (χ4v) is 6.66. The molecule has 1 aromatic heterocycles. The quantitative estimate of drug-likeness (QED) is 0.416. The minimum atomic E-state index is -3.87. The monoisotopic (exact) mass is 475 g/mol. The maximum atomic E-state index is 14.1. The molecule has 0 saturated heterocycles. The van der Waals surface area contributed by atoms with Gasteiger partial charge >= 0.3 is 0 Å². The van der Waals surface area contributed by atoms with Crippen LogP contribution in [0.2, 0.25) is 0 Å². The molecule has 0 radical (unpaired) electrons. The number of sulfonamides is 1. The van der Waals surface area contributed by atoms with Crippen LogP contribution >= 0.6 is 0 Å². The van der Waals surface area contributed by atoms with Crippen molar-refractivity contribution in [2.75, 3.05) is 4.31 Å². The van der Waals surface area contributed by atoms with Crippen molar-refractivity contribution in [2.45, 2.75) is 76.3 Å². The summed E-state index contributed by atoms with van der Waals surface area (Å²) in [7, 11) is -3.87. The van der Waals surface area contributed by atoms with Crippen molar-refractivity contribution in [1.29, 1.82) is 5.26 Å². The van der Waals surface area contributed by atoms with Crippen molar-refractivity contribution in [3.8, 4) is 17.3 Å². The molecule has 0 bridgehead atoms. The largest absolute Gasteiger partial charge is 0.325 e. The first-order valence-corrected chi connectivity index (χ1v) is 13.4. The van der Waals surface area contributed by atoms with E-state index in [1.54, 1.807) is 16.4 Å². The lowest BCUT2D eigenvalue weighted by Crippen LogP contribution is -2.42. The van der Waals surface area contributed by atoms with Gasteiger partial charge in [-0.25, -0.2) is 8.42 Å². The van der Waals surface area contributed by atoms with E-state index >= 15 is 0 Å². The van der Waals surface area contributed by atoms with Crippen molar-refractivity contribution < 1.29 is 8.42 Å². The summed E-state index contributed by atoms with van der Waals surface area (Å²) in [6, 6.07) is 21.0. The number of nitrogens with zero attached hydrogens (tertiary/aromatic N) is 3. The van der Waals surface area contributed by atoms with Gasteiger partial charge in [0.1, 0.15) is 11.8 Å². The lowest BCUT2D eigenvalue weighted by Gasteiger charge is -2.35. The van der Waals surface area contributed by atoms with E-state index in [-0.39, 0.29) is 10.9 Å². The molecule has 3 aromatic rings. The van der Waals surface area contributed by atoms with Gasteiger partial charge in [-0.3, -0.25) is 4.31 Å². The second-order valence-electron chi connectivity index (χ2n) is 10.2. The Morgan fingerprint density at radius 3 is 2.15 bits per heavy atom. The Balaban J connectivity index is 1.99. The van der Waals surface area contributed by atoms with Crippen LogP contribution in [0.1, 0.15) is 64.1 Å². The van der Waals surface area contributed by atoms with Crippen LogP contribution in [0.3, 0.4) is 0 Å². The highest BCUT2D eigenvalue weighted by Gasteiger charge is 2.37. The average Bonchev–Trinajstić information content (AvgIpc) is 3.20. The zero-order valence-corrected chi connectivity index (χ0v) is 21.3. The molecule has 0 amide bonds. The molecule has 5 nitrogen and oxygen atoms in total. The maximum Gasteiger partial charge on any atom is 0.264 e. The van der Waals surface area contributed by atoms with Gasteiger partial charge in [-0.05, 0) is 64.3 Å². The predicted octanol–water partition coefficient (Wildman–Crippen LogP) is 6.62. The lowest BCUT2D eigenvalue weighted by molar-refractivity contribution is 0.398. The summed E-state index contributed by atoms with van der Waals surface area (Å²) in [5.74, 6) is 0. The van der Waals surface area contributed by atoms with E-state index in [2.05, 4.69) is 6.07 Å². The van der Waals surface area contributed by atoms with E-state index in [9.17, 15) is 13.7 Å². The minimum absolute atomic E-state index is 0.174. The molecule has 1 heterocycles. The molecular weight excluding hydrogens is 442 g/mol. The third kappa shape index (κ3) is 4.50. The van der Waals surface area contributed by atoms with Gasteiger partial charge in [0.25, 0.3) is 10.0 Å². The van der Waals surface area contributed by atoms with Gasteiger partial charge < -0.3 is 4.57 Å². The molecule has 0 atom stereocenters. The van der Waals surface area contributed by atoms with Crippen LogP contribution in [0.25, 0.3) is 11.3 Å². The number of aryl methyl sites for hydroxylation is 1. The molecule has 6 heteroatoms. The number of anilines is 1. The summed E-state index contributed by atoms with van der Waals surface area (Å²) >= 11 is 0. The summed E-state index contributed by atoms with van der Waals surface area (Å²) < 4.78 is 31.8. The highest BCUT2D eigenvalue weighted by atomic mass is 32.2. The zero-order chi connectivity index (χ0) is 24.5. The van der Waals surface area contributed by atoms with Gasteiger partial charge in [0.05, 0.1) is 16.3 Å². The molecule has 4 rings (SSSR count). The SMILES string of the molecule is Cc1ccc(S(=O)(=O)N(c2cc(-c3ccccc3)n(C(C)(C)C)c2C#N)C2CCCCC2)cc1. The van der Waals surface area contributed by atoms with Gasteiger partial charge in [-0.15, -0.1) is 0 Å². The highest BCUT2D eigenvalue weighted by Crippen LogP contribution is 2.41. The predicted molar refractivity (Wildman–Crippen MR) is 137 cm³/mol. The van der Waals surface area contributed by atoms with Crippen LogP contribution < -0.4 is 4.31 Å². The zero-order valence-electron chi connectivity index (χ0n) is 20.5. The Kier molecular flexibility index (Phi) is 6.60. The number of nitriles is 1. The van der Waals surface area contributed by atoms with E-state index in [1.807, 2.05) is 80.8 Å². The van der Waals surface area contributed by atoms with Gasteiger partial charge in [0.15, 0.2) is 0 Å². The number of aromatic nitrogens is 1. The van der Waals surface area contributed by atoms with Crippen molar-refractivity contribution in [3.05, 3.63) is 71.9 Å². The first-order valence-electron chi connectivity index (χ1n) is 12.0. The Hall–Kier alpha value is -3.04. The third-order valence-corrected chi connectivity index (χ3v) is 8.43. The Labute approximate surface area is 203 Å². The molecule has 1 fully saturated rings. The van der Waals surface area contributed by atoms with Crippen LogP contribution in [0.5, 0.6) is 0 Å². The van der Waals surface area contributed by atoms with Crippen molar-refractivity contribution in [2.24, 2.45) is 0 Å². The first kappa shape index (κ1) is 24.1. The van der Waals surface area contributed by atoms with E-state index in [4.69, 9.17) is 0 Å². The molecule has 1 aliphatic carbocycles. The summed E-state index contributed by atoms with van der Waals surface area (Å²) in [5, 5.41) is 10.4. The number of benzene rings is 2. The topological polar surface area (TPSA) is 66.1 Å². The molecular formula is C28H33N3O2S. The van der Waals surface area contributed by atoms with Crippen LogP contribution in [0.15, 0.2) is 65.6 Å². The van der Waals surface area contributed by atoms with Gasteiger partial charge in [0, 0.05) is 11.6 Å². The number of rotatable bonds is 5. The van der Waals surface area contributed by atoms with Crippen LogP contribution in [-0.2, 0) is 15.6 Å². The molecule has 1 saturated carbocycles. The molecule has 178 valence electrons. The van der Waals surface area contributed by atoms with Crippen LogP contribution in [-0.4, -0.2) is 19.0 Å². The van der Waals surface area contributed by atoms with Crippen LogP contribution in [0.4, 0.5) is 5.69 Å². The highest BCUT2D eigenvalue weighted by molar-refractivity contribution is 7.92. The molecule has 0 N–H and O–H groups in total. The first-order chi connectivity index (χ1) is 16.1. The Morgan fingerprint density at radius 1 is 0.971 bits per heavy atom. The van der Waals surface area contributed by atoms with Crippen molar-refractivity contribution >= 4 is 15.7 Å². The second-order valence-corrected chi connectivity index (χ2v) is 12.0. The smallest absolute Gasteiger partial charge is 0.264 e. The van der Waals surface area contributed by atoms with E-state index < -0.39 is 15.6 Å². The molecule has 2 aromatic carbocycles. The Bertz CT molecular complexity index is 1290. The summed E-state index contributed by atoms with van der Waals surface area (Å²) in [6.45, 7) is 8.08. The van der Waals surface area contributed by atoms with Crippen LogP contribution in [0, 0.1) is 18.3 Å². The van der Waals surface area contributed by atoms with Crippen molar-refractivity contribution in [3.63, 3.8) is 0 Å².